The van der Waals surface area contributed by atoms with Crippen LogP contribution in [0.15, 0.2) is 180 Å². The molecule has 6 nitrogen and oxygen atoms in total. The van der Waals surface area contributed by atoms with Crippen LogP contribution in [-0.4, -0.2) is 24.1 Å². The SMILES string of the molecule is c1ccc2c(c1)C1c3ccccc3C2c2c1ccc1c2c2ccccc2n1-c1nc(-c2ccc3oc4ccccc4c3c2)nc(-n2c3ccccc3c3ccccc32)n1. The van der Waals surface area contributed by atoms with Gasteiger partial charge < -0.3 is 4.42 Å². The maximum Gasteiger partial charge on any atom is 0.240 e. The molecule has 12 aromatic rings. The molecule has 0 spiro atoms. The normalized spacial score (nSPS) is 15.5. The van der Waals surface area contributed by atoms with Crippen LogP contribution < -0.4 is 0 Å². The molecule has 0 saturated carbocycles. The molecule has 2 bridgehead atoms. The number of hydrogen-bond donors (Lipinski definition) is 0. The molecule has 4 heterocycles. The predicted molar refractivity (Wildman–Crippen MR) is 236 cm³/mol. The number of hydrogen-bond acceptors (Lipinski definition) is 4. The highest BCUT2D eigenvalue weighted by Crippen LogP contribution is 2.58. The molecule has 0 atom stereocenters. The number of rotatable bonds is 3. The van der Waals surface area contributed by atoms with E-state index in [0.717, 1.165) is 60.3 Å². The van der Waals surface area contributed by atoms with Crippen molar-refractivity contribution in [1.82, 2.24) is 24.1 Å². The highest BCUT2D eigenvalue weighted by molar-refractivity contribution is 6.13. The number of para-hydroxylation sites is 4. The highest BCUT2D eigenvalue weighted by atomic mass is 16.3. The first kappa shape index (κ1) is 31.3. The molecule has 6 heteroatoms. The van der Waals surface area contributed by atoms with Gasteiger partial charge in [0.25, 0.3) is 0 Å². The lowest BCUT2D eigenvalue weighted by Gasteiger charge is -2.42. The van der Waals surface area contributed by atoms with Crippen LogP contribution in [0.3, 0.4) is 0 Å². The first-order valence-corrected chi connectivity index (χ1v) is 20.2. The van der Waals surface area contributed by atoms with Crippen molar-refractivity contribution in [3.05, 3.63) is 209 Å². The second kappa shape index (κ2) is 11.4. The fraction of sp³-hybridized carbons (Fsp3) is 0.0377. The third-order valence-electron chi connectivity index (χ3n) is 13.0. The molecule has 0 amide bonds. The lowest BCUT2D eigenvalue weighted by Crippen LogP contribution is -2.27. The average molecular weight is 754 g/mol. The van der Waals surface area contributed by atoms with Crippen molar-refractivity contribution in [1.29, 1.82) is 0 Å². The summed E-state index contributed by atoms with van der Waals surface area (Å²) in [7, 11) is 0. The van der Waals surface area contributed by atoms with Crippen LogP contribution in [0.5, 0.6) is 0 Å². The molecule has 0 fully saturated rings. The van der Waals surface area contributed by atoms with E-state index in [1.807, 2.05) is 18.2 Å². The van der Waals surface area contributed by atoms with Gasteiger partial charge in [-0.3, -0.25) is 9.13 Å². The van der Waals surface area contributed by atoms with E-state index in [2.05, 4.69) is 167 Å². The molecule has 0 unspecified atom stereocenters. The van der Waals surface area contributed by atoms with Crippen LogP contribution in [0.4, 0.5) is 0 Å². The van der Waals surface area contributed by atoms with Crippen molar-refractivity contribution in [2.24, 2.45) is 0 Å². The van der Waals surface area contributed by atoms with E-state index in [9.17, 15) is 0 Å². The summed E-state index contributed by atoms with van der Waals surface area (Å²) in [5, 5.41) is 6.83. The van der Waals surface area contributed by atoms with E-state index in [4.69, 9.17) is 19.4 Å². The van der Waals surface area contributed by atoms with Crippen LogP contribution in [0, 0.1) is 0 Å². The van der Waals surface area contributed by atoms with Crippen LogP contribution in [-0.2, 0) is 0 Å². The van der Waals surface area contributed by atoms with Crippen LogP contribution in [0.1, 0.15) is 45.2 Å². The molecular weight excluding hydrogens is 723 g/mol. The van der Waals surface area contributed by atoms with E-state index in [1.165, 1.54) is 44.2 Å². The van der Waals surface area contributed by atoms with Gasteiger partial charge in [0, 0.05) is 49.7 Å². The Balaban J connectivity index is 1.08. The average Bonchev–Trinajstić information content (AvgIpc) is 3.96. The molecule has 0 radical (unpaired) electrons. The summed E-state index contributed by atoms with van der Waals surface area (Å²) in [6.07, 6.45) is 0. The van der Waals surface area contributed by atoms with E-state index >= 15 is 0 Å². The van der Waals surface area contributed by atoms with Crippen LogP contribution >= 0.6 is 0 Å². The Morgan fingerprint density at radius 1 is 0.373 bits per heavy atom. The summed E-state index contributed by atoms with van der Waals surface area (Å²) in [6.45, 7) is 0. The van der Waals surface area contributed by atoms with Crippen LogP contribution in [0.25, 0.3) is 88.8 Å². The first-order valence-electron chi connectivity index (χ1n) is 20.2. The minimum atomic E-state index is 0.115. The molecule has 0 N–H and O–H groups in total. The van der Waals surface area contributed by atoms with E-state index in [0.29, 0.717) is 17.7 Å². The third-order valence-corrected chi connectivity index (χ3v) is 13.0. The van der Waals surface area contributed by atoms with Gasteiger partial charge >= 0.3 is 0 Å². The monoisotopic (exact) mass is 753 g/mol. The number of fused-ring (bicyclic) bond motifs is 9. The summed E-state index contributed by atoms with van der Waals surface area (Å²) in [5.74, 6) is 2.00. The summed E-state index contributed by atoms with van der Waals surface area (Å²) in [5.41, 5.74) is 15.2. The second-order valence-corrected chi connectivity index (χ2v) is 15.9. The van der Waals surface area contributed by atoms with Gasteiger partial charge in [-0.1, -0.05) is 127 Å². The van der Waals surface area contributed by atoms with Gasteiger partial charge in [-0.25, -0.2) is 0 Å². The van der Waals surface area contributed by atoms with E-state index in [-0.39, 0.29) is 11.8 Å². The van der Waals surface area contributed by atoms with E-state index in [1.54, 1.807) is 0 Å². The van der Waals surface area contributed by atoms with Gasteiger partial charge in [0.05, 0.1) is 22.1 Å². The van der Waals surface area contributed by atoms with Crippen LogP contribution in [0.2, 0.25) is 0 Å². The van der Waals surface area contributed by atoms with Crippen molar-refractivity contribution in [2.45, 2.75) is 11.8 Å². The Morgan fingerprint density at radius 3 is 1.54 bits per heavy atom. The smallest absolute Gasteiger partial charge is 0.240 e. The molecule has 3 aliphatic carbocycles. The van der Waals surface area contributed by atoms with Gasteiger partial charge in [0.15, 0.2) is 5.82 Å². The van der Waals surface area contributed by atoms with Crippen molar-refractivity contribution < 1.29 is 4.42 Å². The van der Waals surface area contributed by atoms with E-state index < -0.39 is 0 Å². The molecule has 15 rings (SSSR count). The second-order valence-electron chi connectivity index (χ2n) is 15.9. The molecular formula is C53H31N5O. The zero-order valence-electron chi connectivity index (χ0n) is 31.5. The Kier molecular flexibility index (Phi) is 6.04. The fourth-order valence-corrected chi connectivity index (χ4v) is 10.6. The Bertz CT molecular complexity index is 3670. The molecule has 8 aromatic carbocycles. The molecule has 274 valence electrons. The van der Waals surface area contributed by atoms with Gasteiger partial charge in [0.2, 0.25) is 11.9 Å². The molecule has 0 saturated heterocycles. The lowest BCUT2D eigenvalue weighted by molar-refractivity contribution is 0.669. The summed E-state index contributed by atoms with van der Waals surface area (Å²) < 4.78 is 10.7. The zero-order valence-corrected chi connectivity index (χ0v) is 31.5. The van der Waals surface area contributed by atoms with Crippen molar-refractivity contribution in [3.8, 4) is 23.3 Å². The Hall–Kier alpha value is -7.83. The topological polar surface area (TPSA) is 61.7 Å². The van der Waals surface area contributed by atoms with Gasteiger partial charge in [-0.2, -0.15) is 15.0 Å². The van der Waals surface area contributed by atoms with Crippen molar-refractivity contribution >= 4 is 65.6 Å². The highest BCUT2D eigenvalue weighted by Gasteiger charge is 2.42. The molecule has 4 aromatic heterocycles. The lowest BCUT2D eigenvalue weighted by atomic mass is 9.60. The molecule has 3 aliphatic rings. The minimum absolute atomic E-state index is 0.115. The largest absolute Gasteiger partial charge is 0.456 e. The van der Waals surface area contributed by atoms with Gasteiger partial charge in [0.1, 0.15) is 11.2 Å². The summed E-state index contributed by atoms with van der Waals surface area (Å²) >= 11 is 0. The quantitative estimate of drug-likeness (QED) is 0.180. The maximum atomic E-state index is 6.25. The fourth-order valence-electron chi connectivity index (χ4n) is 10.6. The zero-order chi connectivity index (χ0) is 38.3. The minimum Gasteiger partial charge on any atom is -0.456 e. The van der Waals surface area contributed by atoms with Crippen molar-refractivity contribution in [2.75, 3.05) is 0 Å². The summed E-state index contributed by atoms with van der Waals surface area (Å²) in [6, 6.07) is 62.9. The Labute approximate surface area is 337 Å². The summed E-state index contributed by atoms with van der Waals surface area (Å²) in [4.78, 5) is 16.2. The van der Waals surface area contributed by atoms with Gasteiger partial charge in [-0.15, -0.1) is 0 Å². The van der Waals surface area contributed by atoms with Gasteiger partial charge in [-0.05, 0) is 81.9 Å². The molecule has 0 aliphatic heterocycles. The number of aromatic nitrogens is 5. The number of nitrogens with zero attached hydrogens (tertiary/aromatic N) is 5. The Morgan fingerprint density at radius 2 is 0.881 bits per heavy atom. The standard InChI is InChI=1S/C53H31N5O/c1-3-18-36-34(16-1)47-35-17-2-4-19-37(35)48(36)50-39(47)26-27-44-49(50)38-20-7-11-23-43(38)58(44)53-55-51(30-25-28-46-40(29-30)33-15-8-12-24-45(33)59-46)54-52(56-53)57-41-21-9-5-13-31(41)32-14-6-10-22-42(32)57/h1-29,47-48H. The molecule has 59 heavy (non-hydrogen) atoms. The number of furan rings is 1. The number of benzene rings is 8. The van der Waals surface area contributed by atoms with Crippen molar-refractivity contribution in [3.63, 3.8) is 0 Å². The third kappa shape index (κ3) is 4.12. The predicted octanol–water partition coefficient (Wildman–Crippen LogP) is 12.6. The first-order chi connectivity index (χ1) is 29.3. The maximum absolute atomic E-state index is 6.25.